The summed E-state index contributed by atoms with van der Waals surface area (Å²) in [6.45, 7) is 15.3. The van der Waals surface area contributed by atoms with Gasteiger partial charge in [-0.3, -0.25) is 4.98 Å². The van der Waals surface area contributed by atoms with Gasteiger partial charge in [-0.15, -0.1) is 0 Å². The third-order valence-corrected chi connectivity index (χ3v) is 4.30. The van der Waals surface area contributed by atoms with E-state index in [0.29, 0.717) is 5.92 Å². The van der Waals surface area contributed by atoms with Crippen LogP contribution >= 0.6 is 0 Å². The Balaban J connectivity index is 2.85. The molecule has 0 saturated heterocycles. The number of nitrogens with zero attached hydrogens (tertiary/aromatic N) is 1. The molecule has 1 heterocycles. The standard InChI is InChI=1S/C18H32N2O/c1-8-18(6,12-19-10-13(2)3)9-16-15(5)17(21-7)14(4)11-20-16/h11,13,19H,8-10,12H2,1-7H3. The Labute approximate surface area is 130 Å². The molecule has 1 N–H and O–H groups in total. The van der Waals surface area contributed by atoms with E-state index in [0.717, 1.165) is 42.9 Å². The maximum Gasteiger partial charge on any atom is 0.128 e. The Morgan fingerprint density at radius 1 is 1.33 bits per heavy atom. The molecule has 21 heavy (non-hydrogen) atoms. The first-order valence-electron chi connectivity index (χ1n) is 8.02. The van der Waals surface area contributed by atoms with Crippen molar-refractivity contribution in [2.24, 2.45) is 11.3 Å². The summed E-state index contributed by atoms with van der Waals surface area (Å²) in [7, 11) is 1.74. The van der Waals surface area contributed by atoms with Gasteiger partial charge >= 0.3 is 0 Å². The summed E-state index contributed by atoms with van der Waals surface area (Å²) in [5, 5.41) is 3.60. The first-order valence-corrected chi connectivity index (χ1v) is 8.02. The number of ether oxygens (including phenoxy) is 1. The third-order valence-electron chi connectivity index (χ3n) is 4.30. The highest BCUT2D eigenvalue weighted by atomic mass is 16.5. The number of aryl methyl sites for hydroxylation is 1. The monoisotopic (exact) mass is 292 g/mol. The van der Waals surface area contributed by atoms with Crippen LogP contribution in [0.25, 0.3) is 0 Å². The minimum Gasteiger partial charge on any atom is -0.496 e. The summed E-state index contributed by atoms with van der Waals surface area (Å²) < 4.78 is 5.52. The number of hydrogen-bond donors (Lipinski definition) is 1. The molecule has 0 aliphatic carbocycles. The van der Waals surface area contributed by atoms with Crippen molar-refractivity contribution in [3.63, 3.8) is 0 Å². The lowest BCUT2D eigenvalue weighted by molar-refractivity contribution is 0.281. The molecule has 0 spiro atoms. The molecule has 3 nitrogen and oxygen atoms in total. The van der Waals surface area contributed by atoms with Crippen molar-refractivity contribution in [3.05, 3.63) is 23.0 Å². The van der Waals surface area contributed by atoms with E-state index >= 15 is 0 Å². The minimum absolute atomic E-state index is 0.229. The molecular formula is C18H32N2O. The van der Waals surface area contributed by atoms with Gasteiger partial charge in [0.15, 0.2) is 0 Å². The van der Waals surface area contributed by atoms with Gasteiger partial charge in [0.05, 0.1) is 7.11 Å². The summed E-state index contributed by atoms with van der Waals surface area (Å²) in [5.74, 6) is 1.67. The number of methoxy groups -OCH3 is 1. The second-order valence-electron chi connectivity index (χ2n) is 6.91. The lowest BCUT2D eigenvalue weighted by Gasteiger charge is -2.30. The van der Waals surface area contributed by atoms with Crippen molar-refractivity contribution in [2.75, 3.05) is 20.2 Å². The van der Waals surface area contributed by atoms with Gasteiger partial charge in [0.1, 0.15) is 5.75 Å². The van der Waals surface area contributed by atoms with Gasteiger partial charge in [-0.05, 0) is 44.6 Å². The summed E-state index contributed by atoms with van der Waals surface area (Å²) >= 11 is 0. The maximum absolute atomic E-state index is 5.52. The van der Waals surface area contributed by atoms with Gasteiger partial charge in [-0.2, -0.15) is 0 Å². The molecule has 0 aliphatic heterocycles. The lowest BCUT2D eigenvalue weighted by Crippen LogP contribution is -2.35. The SMILES string of the molecule is CCC(C)(CNCC(C)C)Cc1ncc(C)c(OC)c1C. The first kappa shape index (κ1) is 18.0. The van der Waals surface area contributed by atoms with Gasteiger partial charge in [0.25, 0.3) is 0 Å². The summed E-state index contributed by atoms with van der Waals surface area (Å²) in [6.07, 6.45) is 4.05. The van der Waals surface area contributed by atoms with Crippen LogP contribution in [-0.4, -0.2) is 25.2 Å². The molecule has 1 aromatic rings. The predicted molar refractivity (Wildman–Crippen MR) is 90.1 cm³/mol. The van der Waals surface area contributed by atoms with Crippen molar-refractivity contribution in [1.29, 1.82) is 0 Å². The summed E-state index contributed by atoms with van der Waals surface area (Å²) in [4.78, 5) is 4.65. The van der Waals surface area contributed by atoms with Crippen LogP contribution in [0.1, 0.15) is 50.9 Å². The fraction of sp³-hybridized carbons (Fsp3) is 0.722. The van der Waals surface area contributed by atoms with Crippen molar-refractivity contribution < 1.29 is 4.74 Å². The van der Waals surface area contributed by atoms with E-state index in [1.165, 1.54) is 5.56 Å². The Morgan fingerprint density at radius 3 is 2.52 bits per heavy atom. The molecule has 1 unspecified atom stereocenters. The van der Waals surface area contributed by atoms with Crippen LogP contribution in [0.3, 0.4) is 0 Å². The molecule has 0 radical (unpaired) electrons. The molecule has 0 aliphatic rings. The fourth-order valence-corrected chi connectivity index (χ4v) is 2.63. The van der Waals surface area contributed by atoms with Crippen molar-refractivity contribution >= 4 is 0 Å². The van der Waals surface area contributed by atoms with Crippen LogP contribution in [0.4, 0.5) is 0 Å². The number of aromatic nitrogens is 1. The average molecular weight is 292 g/mol. The topological polar surface area (TPSA) is 34.2 Å². The van der Waals surface area contributed by atoms with Crippen molar-refractivity contribution in [3.8, 4) is 5.75 Å². The van der Waals surface area contributed by atoms with E-state index in [1.54, 1.807) is 7.11 Å². The molecule has 0 fully saturated rings. The Hall–Kier alpha value is -1.09. The number of hydrogen-bond acceptors (Lipinski definition) is 3. The van der Waals surface area contributed by atoms with Gasteiger partial charge in [0, 0.05) is 29.6 Å². The van der Waals surface area contributed by atoms with Crippen LogP contribution in [-0.2, 0) is 6.42 Å². The van der Waals surface area contributed by atoms with Gasteiger partial charge in [-0.1, -0.05) is 27.7 Å². The smallest absolute Gasteiger partial charge is 0.128 e. The van der Waals surface area contributed by atoms with E-state index in [2.05, 4.69) is 44.9 Å². The van der Waals surface area contributed by atoms with E-state index < -0.39 is 0 Å². The molecule has 3 heteroatoms. The Kier molecular flexibility index (Phi) is 6.66. The van der Waals surface area contributed by atoms with Crippen LogP contribution in [0.5, 0.6) is 5.75 Å². The highest BCUT2D eigenvalue weighted by Crippen LogP contribution is 2.30. The van der Waals surface area contributed by atoms with E-state index in [9.17, 15) is 0 Å². The fourth-order valence-electron chi connectivity index (χ4n) is 2.63. The zero-order valence-electron chi connectivity index (χ0n) is 14.8. The molecular weight excluding hydrogens is 260 g/mol. The second-order valence-corrected chi connectivity index (χ2v) is 6.91. The summed E-state index contributed by atoms with van der Waals surface area (Å²) in [5.41, 5.74) is 3.68. The molecule has 0 saturated carbocycles. The minimum atomic E-state index is 0.229. The molecule has 1 rings (SSSR count). The highest BCUT2D eigenvalue weighted by Gasteiger charge is 2.25. The van der Waals surface area contributed by atoms with Crippen LogP contribution in [0, 0.1) is 25.2 Å². The van der Waals surface area contributed by atoms with Gasteiger partial charge in [0.2, 0.25) is 0 Å². The van der Waals surface area contributed by atoms with Crippen LogP contribution in [0.2, 0.25) is 0 Å². The quantitative estimate of drug-likeness (QED) is 0.789. The Morgan fingerprint density at radius 2 is 2.00 bits per heavy atom. The lowest BCUT2D eigenvalue weighted by atomic mass is 9.81. The molecule has 1 atom stereocenters. The normalized spacial score (nSPS) is 14.3. The first-order chi connectivity index (χ1) is 9.83. The second kappa shape index (κ2) is 7.79. The van der Waals surface area contributed by atoms with Crippen LogP contribution in [0.15, 0.2) is 6.20 Å². The molecule has 0 amide bonds. The van der Waals surface area contributed by atoms with Gasteiger partial charge in [-0.25, -0.2) is 0 Å². The molecule has 120 valence electrons. The zero-order chi connectivity index (χ0) is 16.0. The van der Waals surface area contributed by atoms with E-state index in [-0.39, 0.29) is 5.41 Å². The largest absolute Gasteiger partial charge is 0.496 e. The number of rotatable bonds is 8. The number of nitrogens with one attached hydrogen (secondary N) is 1. The van der Waals surface area contributed by atoms with E-state index in [4.69, 9.17) is 4.74 Å². The van der Waals surface area contributed by atoms with Crippen LogP contribution < -0.4 is 10.1 Å². The van der Waals surface area contributed by atoms with Gasteiger partial charge < -0.3 is 10.1 Å². The molecule has 0 aromatic carbocycles. The molecule has 1 aromatic heterocycles. The predicted octanol–water partition coefficient (Wildman–Crippen LogP) is 3.91. The number of pyridine rings is 1. The molecule has 0 bridgehead atoms. The maximum atomic E-state index is 5.52. The average Bonchev–Trinajstić information content (AvgIpc) is 2.42. The zero-order valence-corrected chi connectivity index (χ0v) is 14.8. The van der Waals surface area contributed by atoms with Crippen molar-refractivity contribution in [1.82, 2.24) is 10.3 Å². The summed E-state index contributed by atoms with van der Waals surface area (Å²) in [6, 6.07) is 0. The third kappa shape index (κ3) is 4.99. The van der Waals surface area contributed by atoms with Crippen molar-refractivity contribution in [2.45, 2.75) is 54.4 Å². The Bertz CT molecular complexity index is 457. The highest BCUT2D eigenvalue weighted by molar-refractivity contribution is 5.41. The van der Waals surface area contributed by atoms with E-state index in [1.807, 2.05) is 13.1 Å².